The van der Waals surface area contributed by atoms with Crippen LogP contribution >= 0.6 is 0 Å². The zero-order valence-electron chi connectivity index (χ0n) is 78.1. The van der Waals surface area contributed by atoms with Crippen molar-refractivity contribution in [1.29, 1.82) is 0 Å². The third kappa shape index (κ3) is 12.5. The van der Waals surface area contributed by atoms with Crippen LogP contribution in [0.2, 0.25) is 0 Å². The molecule has 0 radical (unpaired) electrons. The first kappa shape index (κ1) is 80.9. The van der Waals surface area contributed by atoms with Crippen LogP contribution in [-0.4, -0.2) is 0 Å². The Morgan fingerprint density at radius 3 is 0.899 bits per heavy atom. The average molecular weight is 1780 g/mol. The van der Waals surface area contributed by atoms with Crippen LogP contribution in [-0.2, 0) is 16.2 Å². The standard InChI is InChI=1S/C46H37NO.2C44H37N/c1-2-8-35(9-3-1)47(37-19-21-41-40-11-5-7-13-44(40)48-45(41)28-37)36-17-14-31(15-18-36)32-16-20-39-38-10-4-6-12-42(38)46(43(39)27-32)33-23-29-22-30(25-33)26-34(46)24-29;1-2-11-36(12-3-1)45(43-16-8-10-32-9-4-5-13-38(32)43)37-20-17-31(18-21-37)33-19-22-40-39-14-6-7-15-41(39)44(42(40)28-33)34-24-29-23-30(26-34)27-35(44)25-29;1-2-10-37(11-3-1)45(39-20-16-31-8-4-5-9-33(31)27-39)38-18-14-32(15-19-38)34-17-21-41-40-12-6-7-13-42(40)44(43(41)28-34)35-23-29-22-30(25-35)26-36(44)24-29/h1-21,27-30,33-34H,22-26H2;1-22,28-30,34-35H,23-27H2;1-21,27-30,35-36H,22-26H2. The minimum Gasteiger partial charge on any atom is -0.456 e. The highest BCUT2D eigenvalue weighted by atomic mass is 16.3. The smallest absolute Gasteiger partial charge is 0.137 e. The third-order valence-electron chi connectivity index (χ3n) is 36.7. The molecule has 668 valence electrons. The Morgan fingerprint density at radius 2 is 0.471 bits per heavy atom. The largest absolute Gasteiger partial charge is 0.456 e. The molecule has 1 aromatic heterocycles. The fourth-order valence-corrected chi connectivity index (χ4v) is 32.0. The molecule has 0 unspecified atom stereocenters. The average Bonchev–Trinajstić information content (AvgIpc) is 1.50. The van der Waals surface area contributed by atoms with Gasteiger partial charge in [0.1, 0.15) is 11.2 Å². The molecule has 12 fully saturated rings. The van der Waals surface area contributed by atoms with Gasteiger partial charge in [-0.2, -0.15) is 0 Å². The van der Waals surface area contributed by atoms with Gasteiger partial charge in [0, 0.05) is 84.0 Å². The van der Waals surface area contributed by atoms with Crippen LogP contribution in [0, 0.1) is 71.0 Å². The van der Waals surface area contributed by atoms with Gasteiger partial charge in [-0.1, -0.05) is 285 Å². The van der Waals surface area contributed by atoms with Gasteiger partial charge in [-0.15, -0.1) is 0 Å². The predicted octanol–water partition coefficient (Wildman–Crippen LogP) is 35.8. The number of anilines is 9. The summed E-state index contributed by atoms with van der Waals surface area (Å²) in [6.45, 7) is 0. The molecule has 0 amide bonds. The van der Waals surface area contributed by atoms with Crippen molar-refractivity contribution in [2.24, 2.45) is 71.0 Å². The lowest BCUT2D eigenvalue weighted by molar-refractivity contribution is -0.0399. The van der Waals surface area contributed by atoms with Crippen LogP contribution in [0.25, 0.3) is 110 Å². The minimum absolute atomic E-state index is 0.189. The summed E-state index contributed by atoms with van der Waals surface area (Å²) in [6, 6.07) is 156. The van der Waals surface area contributed by atoms with Crippen LogP contribution in [0.1, 0.15) is 130 Å². The molecule has 0 aliphatic heterocycles. The second-order valence-corrected chi connectivity index (χ2v) is 43.4. The highest BCUT2D eigenvalue weighted by Crippen LogP contribution is 2.74. The van der Waals surface area contributed by atoms with Crippen LogP contribution in [0.15, 0.2) is 423 Å². The molecule has 18 aromatic carbocycles. The summed E-state index contributed by atoms with van der Waals surface area (Å²) in [5, 5.41) is 7.33. The van der Waals surface area contributed by atoms with E-state index in [1.807, 2.05) is 12.1 Å². The Bertz CT molecular complexity index is 7910. The summed E-state index contributed by atoms with van der Waals surface area (Å²) in [5.74, 6) is 10.4. The van der Waals surface area contributed by atoms with Crippen molar-refractivity contribution in [3.8, 4) is 66.8 Å². The summed E-state index contributed by atoms with van der Waals surface area (Å²) in [4.78, 5) is 7.10. The van der Waals surface area contributed by atoms with E-state index >= 15 is 0 Å². The maximum Gasteiger partial charge on any atom is 0.137 e. The lowest BCUT2D eigenvalue weighted by Crippen LogP contribution is -2.55. The van der Waals surface area contributed by atoms with Crippen molar-refractivity contribution < 1.29 is 4.42 Å². The van der Waals surface area contributed by atoms with E-state index in [0.29, 0.717) is 0 Å². The maximum absolute atomic E-state index is 6.31. The van der Waals surface area contributed by atoms with Crippen LogP contribution in [0.5, 0.6) is 0 Å². The highest BCUT2D eigenvalue weighted by Gasteiger charge is 2.65. The molecule has 0 saturated heterocycles. The van der Waals surface area contributed by atoms with Crippen molar-refractivity contribution in [1.82, 2.24) is 0 Å². The monoisotopic (exact) mass is 1780 g/mol. The quantitative estimate of drug-likeness (QED) is 0.122. The Hall–Kier alpha value is -14.3. The van der Waals surface area contributed by atoms with Gasteiger partial charge in [-0.3, -0.25) is 0 Å². The molecule has 15 aliphatic carbocycles. The van der Waals surface area contributed by atoms with Gasteiger partial charge in [0.2, 0.25) is 0 Å². The molecule has 0 atom stereocenters. The first-order chi connectivity index (χ1) is 68.3. The molecule has 12 bridgehead atoms. The Balaban J connectivity index is 0.0000000999. The maximum atomic E-state index is 6.31. The zero-order chi connectivity index (χ0) is 90.5. The second-order valence-electron chi connectivity index (χ2n) is 43.4. The number of nitrogens with zero attached hydrogens (tertiary/aromatic N) is 3. The normalized spacial score (nSPS) is 25.2. The van der Waals surface area contributed by atoms with Gasteiger partial charge in [0.15, 0.2) is 0 Å². The summed E-state index contributed by atoms with van der Waals surface area (Å²) in [6.07, 6.45) is 21.5. The molecule has 34 rings (SSSR count). The molecular formula is C134H111N3O. The van der Waals surface area contributed by atoms with Crippen molar-refractivity contribution in [3.05, 3.63) is 452 Å². The molecule has 15 aliphatic rings. The van der Waals surface area contributed by atoms with Gasteiger partial charge in [0.25, 0.3) is 0 Å². The number of benzene rings is 18. The summed E-state index contributed by atoms with van der Waals surface area (Å²) in [5.41, 5.74) is 39.4. The van der Waals surface area contributed by atoms with Gasteiger partial charge in [0.05, 0.1) is 5.69 Å². The topological polar surface area (TPSA) is 22.9 Å². The molecule has 138 heavy (non-hydrogen) atoms. The first-order valence-corrected chi connectivity index (χ1v) is 51.7. The van der Waals surface area contributed by atoms with Gasteiger partial charge >= 0.3 is 0 Å². The van der Waals surface area contributed by atoms with E-state index in [0.717, 1.165) is 110 Å². The van der Waals surface area contributed by atoms with Crippen LogP contribution in [0.3, 0.4) is 0 Å². The number of fused-ring (bicyclic) bond motifs is 14. The molecule has 4 nitrogen and oxygen atoms in total. The van der Waals surface area contributed by atoms with E-state index in [-0.39, 0.29) is 16.2 Å². The molecule has 0 N–H and O–H groups in total. The Labute approximate surface area is 810 Å². The van der Waals surface area contributed by atoms with E-state index in [4.69, 9.17) is 4.42 Å². The summed E-state index contributed by atoms with van der Waals surface area (Å²) < 4.78 is 6.31. The number of para-hydroxylation sites is 4. The number of hydrogen-bond acceptors (Lipinski definition) is 4. The summed E-state index contributed by atoms with van der Waals surface area (Å²) >= 11 is 0. The number of rotatable bonds is 12. The third-order valence-corrected chi connectivity index (χ3v) is 36.7. The fraction of sp³-hybridized carbons (Fsp3) is 0.224. The Kier molecular flexibility index (Phi) is 18.7. The lowest BCUT2D eigenvalue weighted by atomic mass is 9.43. The van der Waals surface area contributed by atoms with Crippen molar-refractivity contribution in [2.45, 2.75) is 113 Å². The molecule has 12 saturated carbocycles. The Morgan fingerprint density at radius 1 is 0.174 bits per heavy atom. The molecule has 1 heterocycles. The summed E-state index contributed by atoms with van der Waals surface area (Å²) in [7, 11) is 0. The molecule has 4 heteroatoms. The van der Waals surface area contributed by atoms with E-state index in [1.54, 1.807) is 33.4 Å². The minimum atomic E-state index is 0.189. The van der Waals surface area contributed by atoms with E-state index < -0.39 is 0 Å². The van der Waals surface area contributed by atoms with Gasteiger partial charge in [-0.05, 0) is 411 Å². The number of hydrogen-bond donors (Lipinski definition) is 0. The highest BCUT2D eigenvalue weighted by molar-refractivity contribution is 6.07. The van der Waals surface area contributed by atoms with Crippen molar-refractivity contribution in [2.75, 3.05) is 14.7 Å². The fourth-order valence-electron chi connectivity index (χ4n) is 32.0. The van der Waals surface area contributed by atoms with Crippen molar-refractivity contribution in [3.63, 3.8) is 0 Å². The SMILES string of the molecule is c1ccc(N(c2ccc(-c3ccc4c(c3)C3(c5ccccc5-4)C4CC5CC(C4)CC3C5)cc2)c2ccc3c(c2)oc2ccccc23)cc1.c1ccc(N(c2ccc(-c3ccc4c(c3)C3(c5ccccc5-4)C4CC5CC(C4)CC3C5)cc2)c2ccc3ccccc3c2)cc1.c1ccc(N(c2ccc(-c3ccc4c(c3)C3(c5ccccc5-4)C4CC5CC(C4)CC3C5)cc2)c2cccc3ccccc23)cc1. The second kappa shape index (κ2) is 31.9. The lowest BCUT2D eigenvalue weighted by Gasteiger charge is -2.61. The first-order valence-electron chi connectivity index (χ1n) is 51.7. The molecule has 19 aromatic rings. The molecular weight excluding hydrogens is 1670 g/mol. The van der Waals surface area contributed by atoms with E-state index in [1.165, 1.54) is 219 Å². The zero-order valence-corrected chi connectivity index (χ0v) is 78.1. The predicted molar refractivity (Wildman–Crippen MR) is 572 cm³/mol. The van der Waals surface area contributed by atoms with Crippen LogP contribution in [0.4, 0.5) is 51.2 Å². The van der Waals surface area contributed by atoms with E-state index in [9.17, 15) is 0 Å². The van der Waals surface area contributed by atoms with Gasteiger partial charge < -0.3 is 19.1 Å². The van der Waals surface area contributed by atoms with Crippen LogP contribution < -0.4 is 14.7 Å². The number of furan rings is 1. The van der Waals surface area contributed by atoms with E-state index in [2.05, 4.69) is 421 Å². The van der Waals surface area contributed by atoms with Gasteiger partial charge in [-0.25, -0.2) is 0 Å². The molecule has 3 spiro atoms. The van der Waals surface area contributed by atoms with Crippen molar-refractivity contribution >= 4 is 94.7 Å².